The van der Waals surface area contributed by atoms with E-state index in [2.05, 4.69) is 0 Å². The van der Waals surface area contributed by atoms with Crippen LogP contribution in [0.25, 0.3) is 0 Å². The quantitative estimate of drug-likeness (QED) is 0.765. The number of rotatable bonds is 4. The summed E-state index contributed by atoms with van der Waals surface area (Å²) in [6, 6.07) is 10.1. The first-order valence-electron chi connectivity index (χ1n) is 8.71. The van der Waals surface area contributed by atoms with E-state index in [-0.39, 0.29) is 17.2 Å². The van der Waals surface area contributed by atoms with Crippen LogP contribution in [0.15, 0.2) is 45.6 Å². The Morgan fingerprint density at radius 2 is 1.78 bits per heavy atom. The van der Waals surface area contributed by atoms with Crippen molar-refractivity contribution in [1.82, 2.24) is 4.90 Å². The second-order valence-corrected chi connectivity index (χ2v) is 6.31. The van der Waals surface area contributed by atoms with Crippen LogP contribution in [0.1, 0.15) is 33.3 Å². The van der Waals surface area contributed by atoms with Crippen molar-refractivity contribution in [3.8, 4) is 0 Å². The lowest BCUT2D eigenvalue weighted by Crippen LogP contribution is -2.44. The highest BCUT2D eigenvalue weighted by atomic mass is 16.5. The fourth-order valence-electron chi connectivity index (χ4n) is 3.07. The third-order valence-electron chi connectivity index (χ3n) is 4.41. The number of carbonyl (C=O) groups excluding carboxylic acids is 2. The third kappa shape index (κ3) is 4.25. The number of aryl methyl sites for hydroxylation is 2. The minimum Gasteiger partial charge on any atom is -0.444 e. The summed E-state index contributed by atoms with van der Waals surface area (Å²) in [7, 11) is 0. The van der Waals surface area contributed by atoms with Gasteiger partial charge in [0.25, 0.3) is 5.91 Å². The number of benzene rings is 1. The number of hydrogen-bond acceptors (Lipinski definition) is 6. The zero-order chi connectivity index (χ0) is 19.4. The van der Waals surface area contributed by atoms with Crippen LogP contribution < -0.4 is 5.63 Å². The van der Waals surface area contributed by atoms with Crippen LogP contribution in [0.5, 0.6) is 0 Å². The fraction of sp³-hybridized carbons (Fsp3) is 0.350. The molecule has 1 aliphatic rings. The lowest BCUT2D eigenvalue weighted by molar-refractivity contribution is -0.145. The first-order chi connectivity index (χ1) is 13.0. The minimum atomic E-state index is -1.08. The molecule has 142 valence electrons. The summed E-state index contributed by atoms with van der Waals surface area (Å²) < 4.78 is 15.9. The van der Waals surface area contributed by atoms with E-state index < -0.39 is 17.7 Å². The standard InChI is InChI=1S/C20H21NO6/c1-13-12-16(22)26-14(2)17(13)20(24)27-18(15-6-4-3-5-7-15)19(23)21-8-10-25-11-9-21/h3-7,12,18H,8-11H2,1-2H3/t18-/m1/s1. The predicted molar refractivity (Wildman–Crippen MR) is 96.4 cm³/mol. The molecular weight excluding hydrogens is 350 g/mol. The van der Waals surface area contributed by atoms with Gasteiger partial charge in [-0.2, -0.15) is 0 Å². The van der Waals surface area contributed by atoms with Crippen LogP contribution in [0.3, 0.4) is 0 Å². The summed E-state index contributed by atoms with van der Waals surface area (Å²) in [6.07, 6.45) is -1.08. The zero-order valence-electron chi connectivity index (χ0n) is 15.3. The van der Waals surface area contributed by atoms with E-state index in [9.17, 15) is 14.4 Å². The number of morpholine rings is 1. The molecule has 1 fully saturated rings. The van der Waals surface area contributed by atoms with Crippen LogP contribution in [-0.4, -0.2) is 43.1 Å². The van der Waals surface area contributed by atoms with Gasteiger partial charge in [0, 0.05) is 24.7 Å². The Kier molecular flexibility index (Phi) is 5.71. The third-order valence-corrected chi connectivity index (χ3v) is 4.41. The monoisotopic (exact) mass is 371 g/mol. The molecule has 1 aromatic heterocycles. The molecule has 0 radical (unpaired) electrons. The number of ether oxygens (including phenoxy) is 2. The molecule has 2 heterocycles. The van der Waals surface area contributed by atoms with E-state index >= 15 is 0 Å². The SMILES string of the molecule is Cc1cc(=O)oc(C)c1C(=O)O[C@@H](C(=O)N1CCOCC1)c1ccccc1. The zero-order valence-corrected chi connectivity index (χ0v) is 15.3. The van der Waals surface area contributed by atoms with Crippen LogP contribution in [0.4, 0.5) is 0 Å². The molecule has 1 saturated heterocycles. The summed E-state index contributed by atoms with van der Waals surface area (Å²) in [6.45, 7) is 4.93. The molecule has 1 amide bonds. The Morgan fingerprint density at radius 1 is 1.11 bits per heavy atom. The molecular formula is C20H21NO6. The molecule has 0 spiro atoms. The molecule has 0 saturated carbocycles. The maximum atomic E-state index is 13.0. The second-order valence-electron chi connectivity index (χ2n) is 6.31. The Morgan fingerprint density at radius 3 is 2.41 bits per heavy atom. The van der Waals surface area contributed by atoms with Crippen molar-refractivity contribution in [3.63, 3.8) is 0 Å². The minimum absolute atomic E-state index is 0.158. The number of esters is 1. The summed E-state index contributed by atoms with van der Waals surface area (Å²) in [5, 5.41) is 0. The molecule has 2 aromatic rings. The van der Waals surface area contributed by atoms with Crippen molar-refractivity contribution in [2.75, 3.05) is 26.3 Å². The van der Waals surface area contributed by atoms with Gasteiger partial charge in [-0.05, 0) is 19.4 Å². The lowest BCUT2D eigenvalue weighted by Gasteiger charge is -2.30. The molecule has 1 aromatic carbocycles. The molecule has 0 aliphatic carbocycles. The highest BCUT2D eigenvalue weighted by Gasteiger charge is 2.32. The van der Waals surface area contributed by atoms with Crippen molar-refractivity contribution in [2.24, 2.45) is 0 Å². The number of carbonyl (C=O) groups is 2. The molecule has 0 unspecified atom stereocenters. The van der Waals surface area contributed by atoms with Crippen LogP contribution in [-0.2, 0) is 14.3 Å². The van der Waals surface area contributed by atoms with E-state index in [0.717, 1.165) is 0 Å². The van der Waals surface area contributed by atoms with Crippen LogP contribution in [0.2, 0.25) is 0 Å². The molecule has 27 heavy (non-hydrogen) atoms. The van der Waals surface area contributed by atoms with Gasteiger partial charge in [-0.3, -0.25) is 4.79 Å². The predicted octanol–water partition coefficient (Wildman–Crippen LogP) is 2.01. The normalized spacial score (nSPS) is 15.3. The Labute approximate surface area is 156 Å². The second kappa shape index (κ2) is 8.18. The average Bonchev–Trinajstić information content (AvgIpc) is 2.66. The van der Waals surface area contributed by atoms with E-state index in [1.165, 1.54) is 13.0 Å². The number of amides is 1. The van der Waals surface area contributed by atoms with Gasteiger partial charge < -0.3 is 18.8 Å². The van der Waals surface area contributed by atoms with Crippen molar-refractivity contribution >= 4 is 11.9 Å². The Balaban J connectivity index is 1.91. The van der Waals surface area contributed by atoms with Crippen molar-refractivity contribution in [1.29, 1.82) is 0 Å². The largest absolute Gasteiger partial charge is 0.444 e. The van der Waals surface area contributed by atoms with Crippen LogP contribution >= 0.6 is 0 Å². The molecule has 1 aliphatic heterocycles. The van der Waals surface area contributed by atoms with Gasteiger partial charge in [0.05, 0.1) is 13.2 Å². The summed E-state index contributed by atoms with van der Waals surface area (Å²) in [5.41, 5.74) is 0.644. The molecule has 0 bridgehead atoms. The van der Waals surface area contributed by atoms with Gasteiger partial charge in [-0.1, -0.05) is 30.3 Å². The highest BCUT2D eigenvalue weighted by molar-refractivity contribution is 5.94. The van der Waals surface area contributed by atoms with Gasteiger partial charge in [0.1, 0.15) is 11.3 Å². The van der Waals surface area contributed by atoms with E-state index in [0.29, 0.717) is 37.4 Å². The first kappa shape index (κ1) is 18.8. The van der Waals surface area contributed by atoms with Gasteiger partial charge in [-0.15, -0.1) is 0 Å². The van der Waals surface area contributed by atoms with Crippen LogP contribution in [0, 0.1) is 13.8 Å². The van der Waals surface area contributed by atoms with Crippen molar-refractivity contribution in [2.45, 2.75) is 20.0 Å². The van der Waals surface area contributed by atoms with E-state index in [1.807, 2.05) is 6.07 Å². The van der Waals surface area contributed by atoms with Crippen molar-refractivity contribution < 1.29 is 23.5 Å². The molecule has 1 atom stereocenters. The topological polar surface area (TPSA) is 86.1 Å². The Hall–Kier alpha value is -2.93. The maximum Gasteiger partial charge on any atom is 0.342 e. The smallest absolute Gasteiger partial charge is 0.342 e. The lowest BCUT2D eigenvalue weighted by atomic mass is 10.1. The molecule has 7 nitrogen and oxygen atoms in total. The fourth-order valence-corrected chi connectivity index (χ4v) is 3.07. The number of hydrogen-bond donors (Lipinski definition) is 0. The summed E-state index contributed by atoms with van der Waals surface area (Å²) in [5.74, 6) is -0.842. The number of nitrogens with zero attached hydrogens (tertiary/aromatic N) is 1. The molecule has 3 rings (SSSR count). The maximum absolute atomic E-state index is 13.0. The van der Waals surface area contributed by atoms with E-state index in [1.54, 1.807) is 36.1 Å². The molecule has 0 N–H and O–H groups in total. The van der Waals surface area contributed by atoms with Gasteiger partial charge in [0.2, 0.25) is 6.10 Å². The average molecular weight is 371 g/mol. The first-order valence-corrected chi connectivity index (χ1v) is 8.71. The highest BCUT2D eigenvalue weighted by Crippen LogP contribution is 2.24. The van der Waals surface area contributed by atoms with Gasteiger partial charge in [0.15, 0.2) is 0 Å². The van der Waals surface area contributed by atoms with Gasteiger partial charge in [-0.25, -0.2) is 9.59 Å². The van der Waals surface area contributed by atoms with E-state index in [4.69, 9.17) is 13.9 Å². The summed E-state index contributed by atoms with van der Waals surface area (Å²) in [4.78, 5) is 38.9. The molecule has 7 heteroatoms. The van der Waals surface area contributed by atoms with Crippen molar-refractivity contribution in [3.05, 3.63) is 69.3 Å². The summed E-state index contributed by atoms with van der Waals surface area (Å²) >= 11 is 0. The Bertz CT molecular complexity index is 857. The van der Waals surface area contributed by atoms with Gasteiger partial charge >= 0.3 is 11.6 Å².